The average Bonchev–Trinajstić information content (AvgIpc) is 2.86. The number of halogens is 1. The number of rotatable bonds is 5. The zero-order valence-corrected chi connectivity index (χ0v) is 14.5. The third-order valence-electron chi connectivity index (χ3n) is 2.85. The molecule has 0 spiro atoms. The maximum Gasteiger partial charge on any atom is 0.242 e. The highest BCUT2D eigenvalue weighted by molar-refractivity contribution is 9.10. The van der Waals surface area contributed by atoms with E-state index >= 15 is 0 Å². The molecule has 0 atom stereocenters. The van der Waals surface area contributed by atoms with Gasteiger partial charge in [0.1, 0.15) is 5.75 Å². The Morgan fingerprint density at radius 2 is 2.05 bits per heavy atom. The molecule has 0 fully saturated rings. The molecule has 1 N–H and O–H groups in total. The zero-order chi connectivity index (χ0) is 15.5. The summed E-state index contributed by atoms with van der Waals surface area (Å²) in [5.74, 6) is 0.739. The lowest BCUT2D eigenvalue weighted by molar-refractivity contribution is -0.117. The first-order valence-electron chi connectivity index (χ1n) is 6.46. The highest BCUT2D eigenvalue weighted by atomic mass is 79.9. The van der Waals surface area contributed by atoms with Crippen LogP contribution in [0, 0.1) is 0 Å². The van der Waals surface area contributed by atoms with Crippen LogP contribution in [0.1, 0.15) is 24.3 Å². The number of nitrogens with one attached hydrogen (secondary N) is 1. The van der Waals surface area contributed by atoms with Gasteiger partial charge < -0.3 is 10.1 Å². The molecule has 6 heteroatoms. The Bertz CT molecular complexity index is 617. The van der Waals surface area contributed by atoms with Crippen LogP contribution in [-0.4, -0.2) is 22.3 Å². The Balaban J connectivity index is 2.01. The van der Waals surface area contributed by atoms with Crippen molar-refractivity contribution in [2.24, 2.45) is 0 Å². The number of amides is 1. The lowest BCUT2D eigenvalue weighted by Gasteiger charge is -2.13. The molecule has 0 bridgehead atoms. The standard InChI is InChI=1S/C15H17BrN2O2S/c1-15(2,16)13(19)18-14-17-9-12(21-14)8-10-4-6-11(20-3)7-5-10/h4-7,9H,8H2,1-3H3,(H,17,18,19). The molecule has 112 valence electrons. The molecule has 1 aromatic heterocycles. The second kappa shape index (κ2) is 6.58. The quantitative estimate of drug-likeness (QED) is 0.815. The van der Waals surface area contributed by atoms with Crippen molar-refractivity contribution in [3.63, 3.8) is 0 Å². The molecule has 0 saturated carbocycles. The van der Waals surface area contributed by atoms with Gasteiger partial charge in [0.2, 0.25) is 5.91 Å². The number of anilines is 1. The van der Waals surface area contributed by atoms with E-state index in [0.29, 0.717) is 5.13 Å². The monoisotopic (exact) mass is 368 g/mol. The number of carbonyl (C=O) groups excluding carboxylic acids is 1. The van der Waals surface area contributed by atoms with Crippen LogP contribution in [0.15, 0.2) is 30.5 Å². The van der Waals surface area contributed by atoms with Crippen LogP contribution in [0.4, 0.5) is 5.13 Å². The first-order valence-corrected chi connectivity index (χ1v) is 8.07. The van der Waals surface area contributed by atoms with Gasteiger partial charge in [-0.15, -0.1) is 11.3 Å². The molecule has 0 radical (unpaired) electrons. The van der Waals surface area contributed by atoms with Gasteiger partial charge in [0.25, 0.3) is 0 Å². The lowest BCUT2D eigenvalue weighted by Crippen LogP contribution is -2.30. The molecule has 0 aliphatic heterocycles. The molecule has 1 amide bonds. The van der Waals surface area contributed by atoms with Crippen molar-refractivity contribution in [3.05, 3.63) is 40.9 Å². The van der Waals surface area contributed by atoms with Crippen molar-refractivity contribution in [3.8, 4) is 5.75 Å². The second-order valence-corrected chi connectivity index (χ2v) is 8.18. The van der Waals surface area contributed by atoms with Crippen molar-refractivity contribution >= 4 is 38.3 Å². The Kier molecular flexibility index (Phi) is 5.00. The van der Waals surface area contributed by atoms with Crippen LogP contribution >= 0.6 is 27.3 Å². The van der Waals surface area contributed by atoms with Gasteiger partial charge in [-0.2, -0.15) is 0 Å². The molecule has 0 saturated heterocycles. The topological polar surface area (TPSA) is 51.2 Å². The number of aromatic nitrogens is 1. The van der Waals surface area contributed by atoms with Crippen molar-refractivity contribution in [1.29, 1.82) is 0 Å². The number of carbonyl (C=O) groups is 1. The molecule has 0 unspecified atom stereocenters. The summed E-state index contributed by atoms with van der Waals surface area (Å²) in [6, 6.07) is 7.93. The summed E-state index contributed by atoms with van der Waals surface area (Å²) >= 11 is 4.82. The van der Waals surface area contributed by atoms with Gasteiger partial charge in [0.05, 0.1) is 11.4 Å². The molecule has 2 rings (SSSR count). The summed E-state index contributed by atoms with van der Waals surface area (Å²) in [5.41, 5.74) is 1.18. The number of ether oxygens (including phenoxy) is 1. The number of alkyl halides is 1. The predicted octanol–water partition coefficient (Wildman–Crippen LogP) is 3.85. The van der Waals surface area contributed by atoms with Crippen LogP contribution in [0.3, 0.4) is 0 Å². The zero-order valence-electron chi connectivity index (χ0n) is 12.1. The summed E-state index contributed by atoms with van der Waals surface area (Å²) in [6.07, 6.45) is 2.58. The van der Waals surface area contributed by atoms with E-state index in [1.54, 1.807) is 27.2 Å². The van der Waals surface area contributed by atoms with Crippen molar-refractivity contribution < 1.29 is 9.53 Å². The van der Waals surface area contributed by atoms with Gasteiger partial charge in [-0.3, -0.25) is 4.79 Å². The summed E-state index contributed by atoms with van der Waals surface area (Å²) in [6.45, 7) is 3.60. The van der Waals surface area contributed by atoms with Crippen molar-refractivity contribution in [2.45, 2.75) is 24.6 Å². The number of nitrogens with zero attached hydrogens (tertiary/aromatic N) is 1. The van der Waals surface area contributed by atoms with E-state index in [2.05, 4.69) is 26.2 Å². The third-order valence-corrected chi connectivity index (χ3v) is 4.12. The Morgan fingerprint density at radius 3 is 2.62 bits per heavy atom. The SMILES string of the molecule is COc1ccc(Cc2cnc(NC(=O)C(C)(C)Br)s2)cc1. The number of hydrogen-bond donors (Lipinski definition) is 1. The summed E-state index contributed by atoms with van der Waals surface area (Å²) in [7, 11) is 1.65. The maximum absolute atomic E-state index is 11.9. The van der Waals surface area contributed by atoms with Gasteiger partial charge in [0, 0.05) is 17.5 Å². The summed E-state index contributed by atoms with van der Waals surface area (Å²) < 4.78 is 4.54. The minimum Gasteiger partial charge on any atom is -0.497 e. The van der Waals surface area contributed by atoms with Crippen LogP contribution in [0.5, 0.6) is 5.75 Å². The Morgan fingerprint density at radius 1 is 1.38 bits per heavy atom. The largest absolute Gasteiger partial charge is 0.497 e. The number of benzene rings is 1. The number of thiazole rings is 1. The fourth-order valence-electron chi connectivity index (χ4n) is 1.64. The summed E-state index contributed by atoms with van der Waals surface area (Å²) in [5, 5.41) is 3.43. The van der Waals surface area contributed by atoms with E-state index in [-0.39, 0.29) is 5.91 Å². The highest BCUT2D eigenvalue weighted by Gasteiger charge is 2.24. The first kappa shape index (κ1) is 16.0. The van der Waals surface area contributed by atoms with Crippen LogP contribution < -0.4 is 10.1 Å². The molecule has 2 aromatic rings. The highest BCUT2D eigenvalue weighted by Crippen LogP contribution is 2.24. The third kappa shape index (κ3) is 4.54. The van der Waals surface area contributed by atoms with Gasteiger partial charge in [-0.25, -0.2) is 4.98 Å². The minimum atomic E-state index is -0.602. The van der Waals surface area contributed by atoms with Gasteiger partial charge in [-0.1, -0.05) is 28.1 Å². The molecule has 1 heterocycles. The first-order chi connectivity index (χ1) is 9.88. The smallest absolute Gasteiger partial charge is 0.242 e. The van der Waals surface area contributed by atoms with E-state index in [9.17, 15) is 4.79 Å². The lowest BCUT2D eigenvalue weighted by atomic mass is 10.1. The normalized spacial score (nSPS) is 11.2. The van der Waals surface area contributed by atoms with Gasteiger partial charge in [-0.05, 0) is 31.5 Å². The second-order valence-electron chi connectivity index (χ2n) is 5.08. The van der Waals surface area contributed by atoms with E-state index < -0.39 is 4.32 Å². The molecule has 0 aliphatic rings. The summed E-state index contributed by atoms with van der Waals surface area (Å²) in [4.78, 5) is 17.2. The number of methoxy groups -OCH3 is 1. The van der Waals surface area contributed by atoms with Crippen molar-refractivity contribution in [2.75, 3.05) is 12.4 Å². The van der Waals surface area contributed by atoms with Gasteiger partial charge >= 0.3 is 0 Å². The molecule has 1 aromatic carbocycles. The molecular weight excluding hydrogens is 352 g/mol. The maximum atomic E-state index is 11.9. The molecule has 21 heavy (non-hydrogen) atoms. The van der Waals surface area contributed by atoms with Crippen LogP contribution in [0.25, 0.3) is 0 Å². The molecule has 0 aliphatic carbocycles. The van der Waals surface area contributed by atoms with E-state index in [1.165, 1.54) is 16.9 Å². The van der Waals surface area contributed by atoms with E-state index in [0.717, 1.165) is 17.0 Å². The number of hydrogen-bond acceptors (Lipinski definition) is 4. The van der Waals surface area contributed by atoms with E-state index in [1.807, 2.05) is 24.3 Å². The minimum absolute atomic E-state index is 0.104. The Hall–Kier alpha value is -1.40. The van der Waals surface area contributed by atoms with Crippen LogP contribution in [0.2, 0.25) is 0 Å². The Labute approximate surface area is 136 Å². The molecular formula is C15H17BrN2O2S. The fourth-order valence-corrected chi connectivity index (χ4v) is 2.58. The molecule has 4 nitrogen and oxygen atoms in total. The fraction of sp³-hybridized carbons (Fsp3) is 0.333. The predicted molar refractivity (Wildman–Crippen MR) is 89.5 cm³/mol. The average molecular weight is 369 g/mol. The van der Waals surface area contributed by atoms with Crippen LogP contribution in [-0.2, 0) is 11.2 Å². The van der Waals surface area contributed by atoms with E-state index in [4.69, 9.17) is 4.74 Å². The van der Waals surface area contributed by atoms with Gasteiger partial charge in [0.15, 0.2) is 5.13 Å². The van der Waals surface area contributed by atoms with Crippen molar-refractivity contribution in [1.82, 2.24) is 4.98 Å².